The molecular formula is C20H30F2Zr. The van der Waals surface area contributed by atoms with E-state index >= 15 is 0 Å². The van der Waals surface area contributed by atoms with Crippen molar-refractivity contribution in [2.24, 2.45) is 11.8 Å². The van der Waals surface area contributed by atoms with Gasteiger partial charge in [-0.3, -0.25) is 0 Å². The van der Waals surface area contributed by atoms with E-state index in [2.05, 4.69) is 76.2 Å². The Morgan fingerprint density at radius 3 is 1.09 bits per heavy atom. The third-order valence-electron chi connectivity index (χ3n) is 3.48. The van der Waals surface area contributed by atoms with Gasteiger partial charge >= 0.3 is 26.2 Å². The molecule has 0 saturated carbocycles. The summed E-state index contributed by atoms with van der Waals surface area (Å²) in [5, 5.41) is 0. The van der Waals surface area contributed by atoms with Gasteiger partial charge in [0.25, 0.3) is 0 Å². The van der Waals surface area contributed by atoms with Gasteiger partial charge < -0.3 is 9.41 Å². The Morgan fingerprint density at radius 1 is 0.609 bits per heavy atom. The van der Waals surface area contributed by atoms with Crippen LogP contribution in [0.4, 0.5) is 0 Å². The molecule has 0 aliphatic rings. The molecular weight excluding hydrogens is 369 g/mol. The topological polar surface area (TPSA) is 0 Å². The van der Waals surface area contributed by atoms with Crippen molar-refractivity contribution in [1.82, 2.24) is 0 Å². The number of halogens is 2. The molecule has 0 aliphatic heterocycles. The number of aryl methyl sites for hydroxylation is 2. The molecule has 0 fully saturated rings. The SMILES string of the molecule is CC(C)CC[c-]1cccc1.CC(C)CC[c-]1cccc1.[F-].[F-].[Zr+4]. The monoisotopic (exact) mass is 398 g/mol. The third-order valence-corrected chi connectivity index (χ3v) is 3.48. The molecule has 0 spiro atoms. The molecule has 0 saturated heterocycles. The Morgan fingerprint density at radius 2 is 0.870 bits per heavy atom. The van der Waals surface area contributed by atoms with Crippen molar-refractivity contribution in [2.75, 3.05) is 0 Å². The first-order valence-corrected chi connectivity index (χ1v) is 7.99. The fourth-order valence-corrected chi connectivity index (χ4v) is 2.07. The smallest absolute Gasteiger partial charge is 1.00 e. The van der Waals surface area contributed by atoms with Crippen LogP contribution in [0.3, 0.4) is 0 Å². The molecule has 2 aromatic rings. The molecule has 0 N–H and O–H groups in total. The van der Waals surface area contributed by atoms with Gasteiger partial charge in [-0.1, -0.05) is 53.4 Å². The minimum atomic E-state index is 0. The Labute approximate surface area is 160 Å². The van der Waals surface area contributed by atoms with E-state index in [-0.39, 0.29) is 35.6 Å². The van der Waals surface area contributed by atoms with Crippen LogP contribution in [0.1, 0.15) is 51.7 Å². The van der Waals surface area contributed by atoms with Gasteiger partial charge in [0, 0.05) is 0 Å². The van der Waals surface area contributed by atoms with Crippen LogP contribution in [0, 0.1) is 11.8 Å². The van der Waals surface area contributed by atoms with Crippen LogP contribution in [-0.2, 0) is 39.0 Å². The summed E-state index contributed by atoms with van der Waals surface area (Å²) in [5.74, 6) is 1.66. The largest absolute Gasteiger partial charge is 4.00 e. The summed E-state index contributed by atoms with van der Waals surface area (Å²) < 4.78 is 0. The maximum Gasteiger partial charge on any atom is 4.00 e. The van der Waals surface area contributed by atoms with Crippen molar-refractivity contribution in [2.45, 2.75) is 53.4 Å². The molecule has 23 heavy (non-hydrogen) atoms. The molecule has 2 rings (SSSR count). The van der Waals surface area contributed by atoms with Crippen molar-refractivity contribution in [1.29, 1.82) is 0 Å². The van der Waals surface area contributed by atoms with E-state index in [1.165, 1.54) is 36.8 Å². The van der Waals surface area contributed by atoms with Crippen LogP contribution < -0.4 is 9.41 Å². The van der Waals surface area contributed by atoms with Crippen molar-refractivity contribution in [3.8, 4) is 0 Å². The van der Waals surface area contributed by atoms with Gasteiger partial charge in [0.2, 0.25) is 0 Å². The Kier molecular flexibility index (Phi) is 19.4. The van der Waals surface area contributed by atoms with Crippen molar-refractivity contribution < 1.29 is 35.6 Å². The summed E-state index contributed by atoms with van der Waals surface area (Å²) in [6.07, 6.45) is 5.10. The zero-order valence-corrected chi connectivity index (χ0v) is 17.3. The summed E-state index contributed by atoms with van der Waals surface area (Å²) in [7, 11) is 0. The molecule has 0 amide bonds. The molecule has 0 unspecified atom stereocenters. The summed E-state index contributed by atoms with van der Waals surface area (Å²) in [6.45, 7) is 9.07. The summed E-state index contributed by atoms with van der Waals surface area (Å²) in [6, 6.07) is 17.2. The van der Waals surface area contributed by atoms with E-state index < -0.39 is 0 Å². The average Bonchev–Trinajstić information content (AvgIpc) is 3.08. The number of rotatable bonds is 6. The molecule has 0 radical (unpaired) electrons. The van der Waals surface area contributed by atoms with Crippen molar-refractivity contribution in [3.05, 3.63) is 59.7 Å². The molecule has 128 valence electrons. The first kappa shape index (κ1) is 27.3. The zero-order chi connectivity index (χ0) is 14.8. The van der Waals surface area contributed by atoms with Crippen LogP contribution in [0.2, 0.25) is 0 Å². The molecule has 0 aromatic heterocycles. The van der Waals surface area contributed by atoms with Gasteiger partial charge in [0.05, 0.1) is 0 Å². The van der Waals surface area contributed by atoms with E-state index in [4.69, 9.17) is 0 Å². The molecule has 0 atom stereocenters. The second-order valence-electron chi connectivity index (χ2n) is 6.45. The maximum atomic E-state index is 2.27. The molecule has 3 heteroatoms. The van der Waals surface area contributed by atoms with Crippen molar-refractivity contribution >= 4 is 0 Å². The minimum Gasteiger partial charge on any atom is -1.00 e. The Bertz CT molecular complexity index is 374. The first-order valence-electron chi connectivity index (χ1n) is 7.99. The van der Waals surface area contributed by atoms with Crippen LogP contribution in [-0.4, -0.2) is 0 Å². The second kappa shape index (κ2) is 16.3. The van der Waals surface area contributed by atoms with Gasteiger partial charge in [-0.15, -0.1) is 0 Å². The summed E-state index contributed by atoms with van der Waals surface area (Å²) >= 11 is 0. The van der Waals surface area contributed by atoms with E-state index in [9.17, 15) is 0 Å². The predicted molar refractivity (Wildman–Crippen MR) is 90.4 cm³/mol. The molecule has 0 heterocycles. The van der Waals surface area contributed by atoms with E-state index in [0.29, 0.717) is 0 Å². The van der Waals surface area contributed by atoms with Crippen LogP contribution in [0.5, 0.6) is 0 Å². The third kappa shape index (κ3) is 14.7. The number of hydrogen-bond donors (Lipinski definition) is 0. The summed E-state index contributed by atoms with van der Waals surface area (Å²) in [5.41, 5.74) is 2.96. The maximum absolute atomic E-state index is 2.27. The first-order chi connectivity index (χ1) is 9.58. The van der Waals surface area contributed by atoms with Crippen molar-refractivity contribution in [3.63, 3.8) is 0 Å². The standard InChI is InChI=1S/2C10H15.2FH.Zr/c2*1-9(2)7-8-10-5-3-4-6-10;;;/h2*3-6,9H,7-8H2,1-2H3;2*1H;/q2*-1;;;+4/p-2. The normalized spacial score (nSPS) is 9.30. The predicted octanol–water partition coefficient (Wildman–Crippen LogP) is -0.00630. The summed E-state index contributed by atoms with van der Waals surface area (Å²) in [4.78, 5) is 0. The zero-order valence-electron chi connectivity index (χ0n) is 14.9. The van der Waals surface area contributed by atoms with Crippen LogP contribution in [0.25, 0.3) is 0 Å². The fourth-order valence-electron chi connectivity index (χ4n) is 2.07. The van der Waals surface area contributed by atoms with Gasteiger partial charge in [-0.25, -0.2) is 24.3 Å². The average molecular weight is 400 g/mol. The molecule has 0 aliphatic carbocycles. The Balaban J connectivity index is -0.000000308. The van der Waals surface area contributed by atoms with E-state index in [1.54, 1.807) is 0 Å². The minimum absolute atomic E-state index is 0. The molecule has 0 bridgehead atoms. The quantitative estimate of drug-likeness (QED) is 0.600. The van der Waals surface area contributed by atoms with Crippen LogP contribution in [0.15, 0.2) is 48.5 Å². The van der Waals surface area contributed by atoms with Gasteiger partial charge in [-0.2, -0.15) is 35.4 Å². The second-order valence-corrected chi connectivity index (χ2v) is 6.45. The fraction of sp³-hybridized carbons (Fsp3) is 0.500. The van der Waals surface area contributed by atoms with Crippen LogP contribution >= 0.6 is 0 Å². The van der Waals surface area contributed by atoms with E-state index in [0.717, 1.165) is 11.8 Å². The molecule has 0 nitrogen and oxygen atoms in total. The van der Waals surface area contributed by atoms with Gasteiger partial charge in [0.1, 0.15) is 0 Å². The van der Waals surface area contributed by atoms with E-state index in [1.807, 2.05) is 0 Å². The number of hydrogen-bond acceptors (Lipinski definition) is 0. The van der Waals surface area contributed by atoms with Gasteiger partial charge in [0.15, 0.2) is 0 Å². The molecule has 2 aromatic carbocycles. The van der Waals surface area contributed by atoms with Gasteiger partial charge in [-0.05, 0) is 11.8 Å². The Hall–Kier alpha value is -0.557.